The molecule has 0 aromatic heterocycles. The van der Waals surface area contributed by atoms with Crippen LogP contribution in [0.15, 0.2) is 4.99 Å². The van der Waals surface area contributed by atoms with Crippen molar-refractivity contribution in [3.05, 3.63) is 0 Å². The van der Waals surface area contributed by atoms with E-state index in [1.807, 2.05) is 0 Å². The Labute approximate surface area is 43.4 Å². The van der Waals surface area contributed by atoms with Crippen LogP contribution in [0.5, 0.6) is 0 Å². The van der Waals surface area contributed by atoms with Crippen molar-refractivity contribution in [1.82, 2.24) is 0 Å². The van der Waals surface area contributed by atoms with Crippen LogP contribution in [0.4, 0.5) is 0 Å². The third-order valence-corrected chi connectivity index (χ3v) is 1.79. The van der Waals surface area contributed by atoms with Crippen molar-refractivity contribution in [2.45, 2.75) is 19.3 Å². The molecule has 2 aliphatic rings. The predicted octanol–water partition coefficient (Wildman–Crippen LogP) is 1.24. The van der Waals surface area contributed by atoms with Gasteiger partial charge in [-0.1, -0.05) is 0 Å². The van der Waals surface area contributed by atoms with E-state index in [-0.39, 0.29) is 0 Å². The number of hydrogen-bond acceptors (Lipinski definition) is 1. The highest BCUT2D eigenvalue weighted by molar-refractivity contribution is 6.01. The molecule has 1 saturated carbocycles. The largest absolute Gasteiger partial charge is 0.294 e. The molecule has 0 saturated heterocycles. The van der Waals surface area contributed by atoms with Crippen LogP contribution in [0, 0.1) is 5.92 Å². The van der Waals surface area contributed by atoms with Gasteiger partial charge in [0.15, 0.2) is 0 Å². The zero-order valence-corrected chi connectivity index (χ0v) is 4.35. The van der Waals surface area contributed by atoms with E-state index in [1.54, 1.807) is 0 Å². The van der Waals surface area contributed by atoms with Gasteiger partial charge in [0.1, 0.15) is 0 Å². The number of fused-ring (bicyclic) bond motifs is 1. The molecule has 1 atom stereocenters. The Morgan fingerprint density at radius 1 is 1.57 bits per heavy atom. The molecule has 0 bridgehead atoms. The first kappa shape index (κ1) is 3.65. The molecule has 2 rings (SSSR count). The average molecular weight is 95.1 g/mol. The highest BCUT2D eigenvalue weighted by Gasteiger charge is 2.32. The lowest BCUT2D eigenvalue weighted by atomic mass is 10.2. The highest BCUT2D eigenvalue weighted by atomic mass is 14.8. The van der Waals surface area contributed by atoms with Crippen molar-refractivity contribution in [2.24, 2.45) is 10.9 Å². The Bertz CT molecular complexity index is 115. The Hall–Kier alpha value is -0.330. The molecule has 1 heteroatoms. The summed E-state index contributed by atoms with van der Waals surface area (Å²) in [6.45, 7) is 1.12. The number of hydrogen-bond donors (Lipinski definition) is 0. The SMILES string of the molecule is C1CN=C2CC2C1. The van der Waals surface area contributed by atoms with Crippen LogP contribution >= 0.6 is 0 Å². The van der Waals surface area contributed by atoms with Crippen LogP contribution < -0.4 is 0 Å². The lowest BCUT2D eigenvalue weighted by Crippen LogP contribution is -1.92. The summed E-state index contributed by atoms with van der Waals surface area (Å²) in [6.07, 6.45) is 4.10. The normalized spacial score (nSPS) is 36.6. The molecule has 1 aliphatic heterocycles. The fourth-order valence-corrected chi connectivity index (χ4v) is 1.22. The fraction of sp³-hybridized carbons (Fsp3) is 0.833. The van der Waals surface area contributed by atoms with Crippen molar-refractivity contribution in [3.8, 4) is 0 Å². The number of nitrogens with zero attached hydrogens (tertiary/aromatic N) is 1. The smallest absolute Gasteiger partial charge is 0.0389 e. The lowest BCUT2D eigenvalue weighted by molar-refractivity contribution is 0.684. The maximum absolute atomic E-state index is 4.32. The first-order valence-electron chi connectivity index (χ1n) is 3.00. The van der Waals surface area contributed by atoms with Gasteiger partial charge in [-0.05, 0) is 19.3 Å². The van der Waals surface area contributed by atoms with Crippen LogP contribution in [0.3, 0.4) is 0 Å². The van der Waals surface area contributed by atoms with Gasteiger partial charge in [-0.15, -0.1) is 0 Å². The fourth-order valence-electron chi connectivity index (χ4n) is 1.22. The molecule has 1 nitrogen and oxygen atoms in total. The minimum Gasteiger partial charge on any atom is -0.294 e. The van der Waals surface area contributed by atoms with Crippen LogP contribution in [0.2, 0.25) is 0 Å². The van der Waals surface area contributed by atoms with E-state index >= 15 is 0 Å². The summed E-state index contributed by atoms with van der Waals surface area (Å²) in [5.41, 5.74) is 1.51. The molecule has 0 aromatic carbocycles. The minimum absolute atomic E-state index is 0.953. The van der Waals surface area contributed by atoms with Gasteiger partial charge in [0.05, 0.1) is 0 Å². The Kier molecular flexibility index (Phi) is 0.566. The topological polar surface area (TPSA) is 12.4 Å². The van der Waals surface area contributed by atoms with E-state index in [0.717, 1.165) is 12.5 Å². The summed E-state index contributed by atoms with van der Waals surface area (Å²) in [6, 6.07) is 0. The molecule has 0 amide bonds. The number of aliphatic imine (C=N–C) groups is 1. The van der Waals surface area contributed by atoms with Crippen molar-refractivity contribution < 1.29 is 0 Å². The summed E-state index contributed by atoms with van der Waals surface area (Å²) in [7, 11) is 0. The van der Waals surface area contributed by atoms with Gasteiger partial charge in [-0.3, -0.25) is 4.99 Å². The van der Waals surface area contributed by atoms with Crippen molar-refractivity contribution in [3.63, 3.8) is 0 Å². The summed E-state index contributed by atoms with van der Waals surface area (Å²) < 4.78 is 0. The Morgan fingerprint density at radius 2 is 2.57 bits per heavy atom. The zero-order valence-electron chi connectivity index (χ0n) is 4.35. The molecular weight excluding hydrogens is 86.1 g/mol. The summed E-state index contributed by atoms with van der Waals surface area (Å²) in [4.78, 5) is 4.32. The Balaban J connectivity index is 2.19. The molecule has 1 fully saturated rings. The van der Waals surface area contributed by atoms with E-state index in [1.165, 1.54) is 25.0 Å². The van der Waals surface area contributed by atoms with Crippen molar-refractivity contribution >= 4 is 5.71 Å². The summed E-state index contributed by atoms with van der Waals surface area (Å²) in [5, 5.41) is 0. The first-order chi connectivity index (χ1) is 3.47. The van der Waals surface area contributed by atoms with Crippen LogP contribution in [-0.4, -0.2) is 12.3 Å². The van der Waals surface area contributed by atoms with Gasteiger partial charge in [-0.25, -0.2) is 0 Å². The third kappa shape index (κ3) is 0.476. The van der Waals surface area contributed by atoms with E-state index < -0.39 is 0 Å². The molecule has 38 valence electrons. The van der Waals surface area contributed by atoms with Crippen LogP contribution in [0.25, 0.3) is 0 Å². The summed E-state index contributed by atoms with van der Waals surface area (Å²) in [5.74, 6) is 0.953. The maximum Gasteiger partial charge on any atom is 0.0389 e. The van der Waals surface area contributed by atoms with Crippen molar-refractivity contribution in [1.29, 1.82) is 0 Å². The average Bonchev–Trinajstić information content (AvgIpc) is 2.41. The first-order valence-corrected chi connectivity index (χ1v) is 3.00. The molecule has 7 heavy (non-hydrogen) atoms. The second kappa shape index (κ2) is 1.09. The number of rotatable bonds is 0. The van der Waals surface area contributed by atoms with Gasteiger partial charge >= 0.3 is 0 Å². The molecule has 0 aromatic rings. The van der Waals surface area contributed by atoms with Gasteiger partial charge in [0, 0.05) is 18.2 Å². The van der Waals surface area contributed by atoms with E-state index in [0.29, 0.717) is 0 Å². The second-order valence-corrected chi connectivity index (χ2v) is 2.42. The summed E-state index contributed by atoms with van der Waals surface area (Å²) >= 11 is 0. The van der Waals surface area contributed by atoms with E-state index in [4.69, 9.17) is 0 Å². The van der Waals surface area contributed by atoms with Gasteiger partial charge in [0.2, 0.25) is 0 Å². The minimum atomic E-state index is 0.953. The molecule has 1 unspecified atom stereocenters. The van der Waals surface area contributed by atoms with Gasteiger partial charge in [0.25, 0.3) is 0 Å². The van der Waals surface area contributed by atoms with Gasteiger partial charge < -0.3 is 0 Å². The lowest BCUT2D eigenvalue weighted by Gasteiger charge is -1.97. The molecule has 0 spiro atoms. The van der Waals surface area contributed by atoms with Gasteiger partial charge in [-0.2, -0.15) is 0 Å². The molecule has 0 radical (unpaired) electrons. The van der Waals surface area contributed by atoms with E-state index in [2.05, 4.69) is 4.99 Å². The van der Waals surface area contributed by atoms with Crippen molar-refractivity contribution in [2.75, 3.05) is 6.54 Å². The van der Waals surface area contributed by atoms with Crippen LogP contribution in [-0.2, 0) is 0 Å². The molecule has 1 aliphatic carbocycles. The van der Waals surface area contributed by atoms with Crippen LogP contribution in [0.1, 0.15) is 19.3 Å². The molecule has 0 N–H and O–H groups in total. The quantitative estimate of drug-likeness (QED) is 0.429. The monoisotopic (exact) mass is 95.1 g/mol. The highest BCUT2D eigenvalue weighted by Crippen LogP contribution is 2.33. The Morgan fingerprint density at radius 3 is 3.14 bits per heavy atom. The maximum atomic E-state index is 4.32. The van der Waals surface area contributed by atoms with E-state index in [9.17, 15) is 0 Å². The molecular formula is C6H9N. The predicted molar refractivity (Wildman–Crippen MR) is 29.6 cm³/mol. The molecule has 1 heterocycles. The second-order valence-electron chi connectivity index (χ2n) is 2.42. The standard InChI is InChI=1S/C6H9N/c1-2-5-4-6(5)7-3-1/h5H,1-4H2. The third-order valence-electron chi connectivity index (χ3n) is 1.79. The zero-order chi connectivity index (χ0) is 4.69.